The minimum absolute atomic E-state index is 0.0220. The summed E-state index contributed by atoms with van der Waals surface area (Å²) in [5.41, 5.74) is 2.95. The van der Waals surface area contributed by atoms with E-state index < -0.39 is 0 Å². The lowest BCUT2D eigenvalue weighted by Crippen LogP contribution is -2.48. The molecule has 2 aromatic heterocycles. The number of hydrogen-bond acceptors (Lipinski definition) is 5. The van der Waals surface area contributed by atoms with Crippen molar-refractivity contribution in [3.63, 3.8) is 0 Å². The van der Waals surface area contributed by atoms with Crippen LogP contribution in [0.15, 0.2) is 10.6 Å². The maximum absolute atomic E-state index is 13.7. The number of nitrogens with zero attached hydrogens (tertiary/aromatic N) is 3. The molecule has 1 N–H and O–H groups in total. The van der Waals surface area contributed by atoms with Crippen molar-refractivity contribution in [2.24, 2.45) is 11.3 Å². The van der Waals surface area contributed by atoms with Crippen LogP contribution in [-0.2, 0) is 11.2 Å². The van der Waals surface area contributed by atoms with Gasteiger partial charge in [-0.3, -0.25) is 9.59 Å². The third kappa shape index (κ3) is 5.13. The number of aromatic nitrogens is 2. The Labute approximate surface area is 202 Å². The number of carbonyl (C=O) groups excluding carboxylic acids is 2. The molecule has 1 aliphatic heterocycles. The van der Waals surface area contributed by atoms with Gasteiger partial charge in [0.2, 0.25) is 5.91 Å². The molecule has 34 heavy (non-hydrogen) atoms. The predicted molar refractivity (Wildman–Crippen MR) is 131 cm³/mol. The zero-order valence-electron chi connectivity index (χ0n) is 20.9. The summed E-state index contributed by atoms with van der Waals surface area (Å²) in [5, 5.41) is 8.37. The molecular weight excluding hydrogens is 428 g/mol. The molecule has 0 unspecified atom stereocenters. The standard InChI is InChI=1S/C27H38N4O3/c1-27(2,3)16-22-23-20(15-21(17-9-10-17)29-25(23)34-30-22)26(33)31-13-11-19(12-14-31)28-24(32)18-7-5-4-6-8-18/h15,17-19H,4-14,16H2,1-3H3,(H,28,32). The van der Waals surface area contributed by atoms with E-state index in [1.807, 2.05) is 11.0 Å². The van der Waals surface area contributed by atoms with Gasteiger partial charge in [-0.05, 0) is 56.4 Å². The van der Waals surface area contributed by atoms with Crippen molar-refractivity contribution < 1.29 is 14.1 Å². The van der Waals surface area contributed by atoms with Crippen molar-refractivity contribution in [2.45, 2.75) is 96.9 Å². The highest BCUT2D eigenvalue weighted by Crippen LogP contribution is 2.41. The number of piperidine rings is 1. The number of nitrogens with one attached hydrogen (secondary N) is 1. The molecule has 0 spiro atoms. The van der Waals surface area contributed by atoms with Crippen molar-refractivity contribution in [3.05, 3.63) is 23.0 Å². The first kappa shape index (κ1) is 23.3. The van der Waals surface area contributed by atoms with Gasteiger partial charge < -0.3 is 14.7 Å². The summed E-state index contributed by atoms with van der Waals surface area (Å²) in [6.07, 6.45) is 10.1. The summed E-state index contributed by atoms with van der Waals surface area (Å²) >= 11 is 0. The Kier molecular flexibility index (Phi) is 6.38. The topological polar surface area (TPSA) is 88.3 Å². The number of pyridine rings is 1. The molecule has 3 fully saturated rings. The predicted octanol–water partition coefficient (Wildman–Crippen LogP) is 4.99. The second kappa shape index (κ2) is 9.31. The molecule has 5 rings (SSSR count). The number of likely N-dealkylation sites (tertiary alicyclic amines) is 1. The van der Waals surface area contributed by atoms with Gasteiger partial charge >= 0.3 is 0 Å². The number of fused-ring (bicyclic) bond motifs is 1. The lowest BCUT2D eigenvalue weighted by molar-refractivity contribution is -0.126. The SMILES string of the molecule is CC(C)(C)Cc1noc2nc(C3CC3)cc(C(=O)N3CCC(NC(=O)C4CCCCC4)CC3)c12. The normalized spacial score (nSPS) is 20.6. The maximum atomic E-state index is 13.7. The molecule has 2 amide bonds. The first-order valence-corrected chi connectivity index (χ1v) is 13.2. The van der Waals surface area contributed by atoms with E-state index in [0.29, 0.717) is 30.3 Å². The van der Waals surface area contributed by atoms with Crippen LogP contribution in [-0.4, -0.2) is 46.0 Å². The summed E-state index contributed by atoms with van der Waals surface area (Å²) in [6.45, 7) is 7.78. The van der Waals surface area contributed by atoms with Gasteiger partial charge in [-0.25, -0.2) is 4.98 Å². The monoisotopic (exact) mass is 466 g/mol. The largest absolute Gasteiger partial charge is 0.353 e. The molecule has 2 saturated carbocycles. The van der Waals surface area contributed by atoms with Crippen LogP contribution in [0.2, 0.25) is 0 Å². The zero-order valence-corrected chi connectivity index (χ0v) is 20.9. The highest BCUT2D eigenvalue weighted by molar-refractivity contribution is 6.06. The van der Waals surface area contributed by atoms with Crippen LogP contribution in [0.25, 0.3) is 11.1 Å². The van der Waals surface area contributed by atoms with E-state index in [0.717, 1.165) is 74.6 Å². The highest BCUT2D eigenvalue weighted by atomic mass is 16.5. The molecule has 0 atom stereocenters. The Hall–Kier alpha value is -2.44. The first-order chi connectivity index (χ1) is 16.3. The number of amides is 2. The average molecular weight is 467 g/mol. The van der Waals surface area contributed by atoms with E-state index in [1.165, 1.54) is 6.42 Å². The molecule has 1 saturated heterocycles. The smallest absolute Gasteiger partial charge is 0.259 e. The van der Waals surface area contributed by atoms with Crippen LogP contribution in [0, 0.1) is 11.3 Å². The van der Waals surface area contributed by atoms with E-state index in [1.54, 1.807) is 0 Å². The molecule has 7 heteroatoms. The van der Waals surface area contributed by atoms with Gasteiger partial charge in [-0.2, -0.15) is 0 Å². The molecule has 3 heterocycles. The van der Waals surface area contributed by atoms with Crippen molar-refractivity contribution in [2.75, 3.05) is 13.1 Å². The van der Waals surface area contributed by atoms with Crippen LogP contribution >= 0.6 is 0 Å². The highest BCUT2D eigenvalue weighted by Gasteiger charge is 2.33. The van der Waals surface area contributed by atoms with Gasteiger partial charge in [0, 0.05) is 36.7 Å². The summed E-state index contributed by atoms with van der Waals surface area (Å²) in [5.74, 6) is 0.845. The fourth-order valence-electron chi connectivity index (χ4n) is 5.49. The minimum atomic E-state index is 0.0220. The fourth-order valence-corrected chi connectivity index (χ4v) is 5.49. The van der Waals surface area contributed by atoms with Crippen molar-refractivity contribution in [1.29, 1.82) is 0 Å². The lowest BCUT2D eigenvalue weighted by atomic mass is 9.88. The van der Waals surface area contributed by atoms with Crippen molar-refractivity contribution >= 4 is 22.9 Å². The first-order valence-electron chi connectivity index (χ1n) is 13.2. The van der Waals surface area contributed by atoms with Crippen LogP contribution in [0.1, 0.15) is 106 Å². The van der Waals surface area contributed by atoms with Gasteiger partial charge in [0.1, 0.15) is 0 Å². The summed E-state index contributed by atoms with van der Waals surface area (Å²) < 4.78 is 5.63. The quantitative estimate of drug-likeness (QED) is 0.671. The van der Waals surface area contributed by atoms with E-state index in [9.17, 15) is 9.59 Å². The van der Waals surface area contributed by atoms with Gasteiger partial charge in [0.15, 0.2) is 0 Å². The van der Waals surface area contributed by atoms with Crippen molar-refractivity contribution in [3.8, 4) is 0 Å². The Morgan fingerprint density at radius 1 is 1.06 bits per heavy atom. The zero-order chi connectivity index (χ0) is 23.9. The average Bonchev–Trinajstić information content (AvgIpc) is 3.60. The second-order valence-electron chi connectivity index (χ2n) is 11.8. The van der Waals surface area contributed by atoms with E-state index in [2.05, 4.69) is 31.2 Å². The number of hydrogen-bond donors (Lipinski definition) is 1. The van der Waals surface area contributed by atoms with E-state index in [4.69, 9.17) is 9.51 Å². The number of carbonyl (C=O) groups is 2. The summed E-state index contributed by atoms with van der Waals surface area (Å²) in [4.78, 5) is 33.1. The second-order valence-corrected chi connectivity index (χ2v) is 11.8. The lowest BCUT2D eigenvalue weighted by Gasteiger charge is -2.33. The van der Waals surface area contributed by atoms with Crippen LogP contribution in [0.5, 0.6) is 0 Å². The van der Waals surface area contributed by atoms with E-state index >= 15 is 0 Å². The van der Waals surface area contributed by atoms with Crippen LogP contribution < -0.4 is 5.32 Å². The van der Waals surface area contributed by atoms with E-state index in [-0.39, 0.29) is 29.2 Å². The Bertz CT molecular complexity index is 1050. The van der Waals surface area contributed by atoms with Gasteiger partial charge in [0.05, 0.1) is 16.6 Å². The molecule has 2 aliphatic carbocycles. The van der Waals surface area contributed by atoms with Gasteiger partial charge in [-0.15, -0.1) is 0 Å². The number of rotatable bonds is 5. The fraction of sp³-hybridized carbons (Fsp3) is 0.704. The van der Waals surface area contributed by atoms with Gasteiger partial charge in [0.25, 0.3) is 11.6 Å². The molecule has 3 aliphatic rings. The molecule has 7 nitrogen and oxygen atoms in total. The van der Waals surface area contributed by atoms with Crippen molar-refractivity contribution in [1.82, 2.24) is 20.4 Å². The van der Waals surface area contributed by atoms with Gasteiger partial charge in [-0.1, -0.05) is 45.2 Å². The third-order valence-corrected chi connectivity index (χ3v) is 7.57. The summed E-state index contributed by atoms with van der Waals surface area (Å²) in [6, 6.07) is 2.15. The molecule has 0 bridgehead atoms. The third-order valence-electron chi connectivity index (χ3n) is 7.57. The summed E-state index contributed by atoms with van der Waals surface area (Å²) in [7, 11) is 0. The van der Waals surface area contributed by atoms with Crippen LogP contribution in [0.3, 0.4) is 0 Å². The molecular formula is C27H38N4O3. The Morgan fingerprint density at radius 2 is 1.76 bits per heavy atom. The molecule has 2 aromatic rings. The Balaban J connectivity index is 1.31. The molecule has 0 aromatic carbocycles. The molecule has 184 valence electrons. The Morgan fingerprint density at radius 3 is 2.41 bits per heavy atom. The minimum Gasteiger partial charge on any atom is -0.353 e. The maximum Gasteiger partial charge on any atom is 0.259 e. The van der Waals surface area contributed by atoms with Crippen LogP contribution in [0.4, 0.5) is 0 Å². The molecule has 0 radical (unpaired) electrons.